The van der Waals surface area contributed by atoms with Crippen LogP contribution < -0.4 is 0 Å². The first-order valence-corrected chi connectivity index (χ1v) is 4.20. The number of ketones is 1. The minimum absolute atomic E-state index is 0.0978. The van der Waals surface area contributed by atoms with Crippen molar-refractivity contribution in [3.05, 3.63) is 0 Å². The molecule has 1 rings (SSSR count). The lowest BCUT2D eigenvalue weighted by Crippen LogP contribution is -2.54. The lowest BCUT2D eigenvalue weighted by atomic mass is 9.91. The van der Waals surface area contributed by atoms with Gasteiger partial charge in [-0.15, -0.1) is 0 Å². The maximum atomic E-state index is 11.1. The van der Waals surface area contributed by atoms with Crippen LogP contribution in [0, 0.1) is 0 Å². The summed E-state index contributed by atoms with van der Waals surface area (Å²) in [5, 5.41) is 27.0. The van der Waals surface area contributed by atoms with Gasteiger partial charge in [0.25, 0.3) is 0 Å². The largest absolute Gasteiger partial charge is 0.479 e. The van der Waals surface area contributed by atoms with Crippen molar-refractivity contribution in [2.45, 2.75) is 24.5 Å². The predicted octanol–water partition coefficient (Wildman–Crippen LogP) is -1.37. The number of carboxylic acids is 2. The molecule has 84 valence electrons. The highest BCUT2D eigenvalue weighted by atomic mass is 16.5. The third-order valence-corrected chi connectivity index (χ3v) is 2.16. The minimum Gasteiger partial charge on any atom is -0.479 e. The zero-order valence-electron chi connectivity index (χ0n) is 7.67. The Morgan fingerprint density at radius 2 is 2.00 bits per heavy atom. The molecule has 1 heterocycles. The molecule has 0 saturated carbocycles. The number of hydrogen-bond acceptors (Lipinski definition) is 5. The molecule has 1 saturated heterocycles. The number of rotatable bonds is 2. The van der Waals surface area contributed by atoms with Crippen LogP contribution in [0.2, 0.25) is 0 Å². The average Bonchev–Trinajstić information content (AvgIpc) is 2.24. The number of hydrogen-bond donors (Lipinski definition) is 3. The first kappa shape index (κ1) is 11.6. The minimum atomic E-state index is -2.68. The second-order valence-corrected chi connectivity index (χ2v) is 3.28. The van der Waals surface area contributed by atoms with Crippen molar-refractivity contribution in [1.29, 1.82) is 0 Å². The van der Waals surface area contributed by atoms with Crippen molar-refractivity contribution in [2.24, 2.45) is 0 Å². The highest BCUT2D eigenvalue weighted by Crippen LogP contribution is 2.24. The molecule has 0 radical (unpaired) electrons. The van der Waals surface area contributed by atoms with Gasteiger partial charge in [0.2, 0.25) is 5.60 Å². The van der Waals surface area contributed by atoms with Crippen molar-refractivity contribution in [2.75, 3.05) is 6.61 Å². The van der Waals surface area contributed by atoms with E-state index in [2.05, 4.69) is 4.74 Å². The van der Waals surface area contributed by atoms with Gasteiger partial charge in [-0.05, 0) is 0 Å². The first-order chi connectivity index (χ1) is 6.88. The van der Waals surface area contributed by atoms with E-state index in [9.17, 15) is 19.5 Å². The first-order valence-electron chi connectivity index (χ1n) is 4.20. The highest BCUT2D eigenvalue weighted by Gasteiger charge is 2.52. The summed E-state index contributed by atoms with van der Waals surface area (Å²) in [7, 11) is 0. The van der Waals surface area contributed by atoms with Crippen LogP contribution >= 0.6 is 0 Å². The van der Waals surface area contributed by atoms with Crippen molar-refractivity contribution in [3.63, 3.8) is 0 Å². The Balaban J connectivity index is 3.06. The van der Waals surface area contributed by atoms with Gasteiger partial charge in [0.05, 0.1) is 6.61 Å². The summed E-state index contributed by atoms with van der Waals surface area (Å²) in [6, 6.07) is 0. The van der Waals surface area contributed by atoms with Crippen LogP contribution in [0.1, 0.15) is 12.8 Å². The fraction of sp³-hybridized carbons (Fsp3) is 0.625. The molecule has 3 N–H and O–H groups in total. The molecule has 2 atom stereocenters. The maximum absolute atomic E-state index is 11.1. The van der Waals surface area contributed by atoms with E-state index >= 15 is 0 Å². The van der Waals surface area contributed by atoms with Gasteiger partial charge in [0.15, 0.2) is 6.10 Å². The van der Waals surface area contributed by atoms with Crippen molar-refractivity contribution < 1.29 is 34.4 Å². The summed E-state index contributed by atoms with van der Waals surface area (Å²) in [6.45, 7) is -0.203. The second-order valence-electron chi connectivity index (χ2n) is 3.28. The molecular weight excluding hydrogens is 208 g/mol. The van der Waals surface area contributed by atoms with Gasteiger partial charge < -0.3 is 20.1 Å². The Morgan fingerprint density at radius 1 is 1.40 bits per heavy atom. The second kappa shape index (κ2) is 3.95. The number of ether oxygens (including phenoxy) is 1. The van der Waals surface area contributed by atoms with Gasteiger partial charge in [-0.2, -0.15) is 0 Å². The molecule has 0 aromatic rings. The lowest BCUT2D eigenvalue weighted by Gasteiger charge is -2.26. The fourth-order valence-electron chi connectivity index (χ4n) is 1.37. The van der Waals surface area contributed by atoms with Crippen LogP contribution in [-0.4, -0.2) is 51.4 Å². The lowest BCUT2D eigenvalue weighted by molar-refractivity contribution is -0.188. The zero-order chi connectivity index (χ0) is 11.6. The van der Waals surface area contributed by atoms with Gasteiger partial charge in [-0.3, -0.25) is 4.79 Å². The standard InChI is InChI=1S/C8H10O7/c9-4-1-2-15-5(6(10)11)8(14,3-4)7(12)13/h5,14H,1-3H2,(H,10,11)(H,12,13)/t5-,8-/m0/s1. The third-order valence-electron chi connectivity index (χ3n) is 2.16. The number of aliphatic hydroxyl groups is 1. The molecular formula is C8H10O7. The SMILES string of the molecule is O=C1CCO[C@@H](C(=O)O)[C@](O)(C(=O)O)C1. The van der Waals surface area contributed by atoms with E-state index in [1.165, 1.54) is 0 Å². The third kappa shape index (κ3) is 2.13. The smallest absolute Gasteiger partial charge is 0.339 e. The normalized spacial score (nSPS) is 32.1. The number of carboxylic acid groups (broad SMARTS) is 2. The Labute approximate surface area is 84.3 Å². The van der Waals surface area contributed by atoms with E-state index in [-0.39, 0.29) is 13.0 Å². The molecule has 7 heteroatoms. The number of Topliss-reactive ketones (excluding diaryl/α,β-unsaturated/α-hetero) is 1. The van der Waals surface area contributed by atoms with Gasteiger partial charge in [-0.1, -0.05) is 0 Å². The molecule has 0 amide bonds. The van der Waals surface area contributed by atoms with Gasteiger partial charge >= 0.3 is 11.9 Å². The molecule has 0 aromatic carbocycles. The molecule has 0 aromatic heterocycles. The van der Waals surface area contributed by atoms with Crippen LogP contribution in [0.15, 0.2) is 0 Å². The quantitative estimate of drug-likeness (QED) is 0.523. The van der Waals surface area contributed by atoms with E-state index in [0.29, 0.717) is 0 Å². The summed E-state index contributed by atoms with van der Waals surface area (Å²) in [4.78, 5) is 32.5. The van der Waals surface area contributed by atoms with Crippen LogP contribution in [0.4, 0.5) is 0 Å². The van der Waals surface area contributed by atoms with E-state index in [1.54, 1.807) is 0 Å². The fourth-order valence-corrected chi connectivity index (χ4v) is 1.37. The van der Waals surface area contributed by atoms with Crippen LogP contribution in [-0.2, 0) is 19.1 Å². The molecule has 7 nitrogen and oxygen atoms in total. The number of carbonyl (C=O) groups is 3. The predicted molar refractivity (Wildman–Crippen MR) is 44.2 cm³/mol. The molecule has 0 unspecified atom stereocenters. The van der Waals surface area contributed by atoms with Gasteiger partial charge in [0, 0.05) is 12.8 Å². The Bertz CT molecular complexity index is 310. The highest BCUT2D eigenvalue weighted by molar-refractivity contribution is 5.93. The van der Waals surface area contributed by atoms with Crippen molar-refractivity contribution in [1.82, 2.24) is 0 Å². The topological polar surface area (TPSA) is 121 Å². The van der Waals surface area contributed by atoms with Gasteiger partial charge in [0.1, 0.15) is 5.78 Å². The van der Waals surface area contributed by atoms with E-state index in [0.717, 1.165) is 0 Å². The van der Waals surface area contributed by atoms with Crippen LogP contribution in [0.25, 0.3) is 0 Å². The zero-order valence-corrected chi connectivity index (χ0v) is 7.67. The monoisotopic (exact) mass is 218 g/mol. The van der Waals surface area contributed by atoms with E-state index in [1.807, 2.05) is 0 Å². The summed E-state index contributed by atoms with van der Waals surface area (Å²) in [5.74, 6) is -3.91. The Morgan fingerprint density at radius 3 is 2.47 bits per heavy atom. The molecule has 1 aliphatic rings. The Kier molecular flexibility index (Phi) is 3.06. The molecule has 0 bridgehead atoms. The van der Waals surface area contributed by atoms with Crippen molar-refractivity contribution >= 4 is 17.7 Å². The van der Waals surface area contributed by atoms with E-state index in [4.69, 9.17) is 10.2 Å². The summed E-state index contributed by atoms with van der Waals surface area (Å²) >= 11 is 0. The number of aliphatic carboxylic acids is 2. The van der Waals surface area contributed by atoms with Crippen LogP contribution in [0.5, 0.6) is 0 Å². The summed E-state index contributed by atoms with van der Waals surface area (Å²) in [5.41, 5.74) is -2.68. The number of carbonyl (C=O) groups excluding carboxylic acids is 1. The maximum Gasteiger partial charge on any atom is 0.339 e. The van der Waals surface area contributed by atoms with Crippen molar-refractivity contribution in [3.8, 4) is 0 Å². The Hall–Kier alpha value is -1.47. The molecule has 1 fully saturated rings. The van der Waals surface area contributed by atoms with Crippen LogP contribution in [0.3, 0.4) is 0 Å². The average molecular weight is 218 g/mol. The molecule has 15 heavy (non-hydrogen) atoms. The summed E-state index contributed by atoms with van der Waals surface area (Å²) in [6.07, 6.45) is -2.76. The van der Waals surface area contributed by atoms with Gasteiger partial charge in [-0.25, -0.2) is 9.59 Å². The van der Waals surface area contributed by atoms with E-state index < -0.39 is 35.8 Å². The summed E-state index contributed by atoms with van der Waals surface area (Å²) < 4.78 is 4.66. The molecule has 0 spiro atoms. The molecule has 0 aliphatic carbocycles. The molecule has 1 aliphatic heterocycles.